The van der Waals surface area contributed by atoms with Gasteiger partial charge in [0.15, 0.2) is 0 Å². The molecule has 1 aliphatic rings. The molecule has 1 N–H and O–H groups in total. The van der Waals surface area contributed by atoms with Gasteiger partial charge in [-0.05, 0) is 13.3 Å². The maximum atomic E-state index is 11.9. The van der Waals surface area contributed by atoms with Crippen LogP contribution in [0.3, 0.4) is 0 Å². The van der Waals surface area contributed by atoms with Crippen LogP contribution in [-0.4, -0.2) is 64.0 Å². The lowest BCUT2D eigenvalue weighted by molar-refractivity contribution is -0.123. The van der Waals surface area contributed by atoms with Gasteiger partial charge in [0.05, 0.1) is 19.3 Å². The first-order valence-corrected chi connectivity index (χ1v) is 8.27. The zero-order valence-electron chi connectivity index (χ0n) is 13.7. The molecule has 1 unspecified atom stereocenters. The van der Waals surface area contributed by atoms with Crippen molar-refractivity contribution in [3.63, 3.8) is 0 Å². The van der Waals surface area contributed by atoms with Crippen molar-refractivity contribution < 1.29 is 4.79 Å². The van der Waals surface area contributed by atoms with Crippen molar-refractivity contribution in [2.45, 2.75) is 32.9 Å². The summed E-state index contributed by atoms with van der Waals surface area (Å²) in [6.45, 7) is 9.12. The fourth-order valence-corrected chi connectivity index (χ4v) is 2.65. The van der Waals surface area contributed by atoms with Gasteiger partial charge in [0.1, 0.15) is 11.0 Å². The topological polar surface area (TPSA) is 53.4 Å². The second-order valence-electron chi connectivity index (χ2n) is 5.99. The van der Waals surface area contributed by atoms with Crippen LogP contribution in [0.1, 0.15) is 26.1 Å². The number of halogens is 1. The van der Waals surface area contributed by atoms with Crippen LogP contribution in [0.5, 0.6) is 0 Å². The van der Waals surface area contributed by atoms with E-state index in [1.807, 2.05) is 18.5 Å². The summed E-state index contributed by atoms with van der Waals surface area (Å²) in [6.07, 6.45) is 2.65. The zero-order chi connectivity index (χ0) is 16.1. The van der Waals surface area contributed by atoms with E-state index >= 15 is 0 Å². The number of nitrogens with one attached hydrogen (secondary N) is 1. The second kappa shape index (κ2) is 7.94. The molecular weight excluding hydrogens is 302 g/mol. The molecule has 2 rings (SSSR count). The van der Waals surface area contributed by atoms with Gasteiger partial charge in [0, 0.05) is 39.3 Å². The number of amides is 1. The van der Waals surface area contributed by atoms with Crippen LogP contribution in [0.2, 0.25) is 5.15 Å². The third-order valence-electron chi connectivity index (χ3n) is 4.24. The number of nitrogens with zero attached hydrogens (tertiary/aromatic N) is 4. The molecule has 0 radical (unpaired) electrons. The van der Waals surface area contributed by atoms with E-state index in [9.17, 15) is 4.79 Å². The lowest BCUT2D eigenvalue weighted by Crippen LogP contribution is -2.50. The van der Waals surface area contributed by atoms with E-state index in [4.69, 9.17) is 11.6 Å². The molecule has 2 heterocycles. The zero-order valence-corrected chi connectivity index (χ0v) is 14.4. The van der Waals surface area contributed by atoms with Crippen molar-refractivity contribution in [3.05, 3.63) is 17.2 Å². The molecule has 1 aromatic rings. The molecule has 1 atom stereocenters. The molecule has 124 valence electrons. The number of piperazine rings is 1. The summed E-state index contributed by atoms with van der Waals surface area (Å²) in [6, 6.07) is 0.252. The third kappa shape index (κ3) is 4.69. The first kappa shape index (κ1) is 17.2. The van der Waals surface area contributed by atoms with E-state index in [1.165, 1.54) is 0 Å². The van der Waals surface area contributed by atoms with Gasteiger partial charge in [-0.1, -0.05) is 18.5 Å². The van der Waals surface area contributed by atoms with Crippen LogP contribution >= 0.6 is 11.6 Å². The number of hydrogen-bond acceptors (Lipinski definition) is 4. The normalized spacial score (nSPS) is 18.4. The molecule has 0 bridgehead atoms. The fourth-order valence-electron chi connectivity index (χ4n) is 2.50. The molecule has 1 aliphatic heterocycles. The Labute approximate surface area is 137 Å². The summed E-state index contributed by atoms with van der Waals surface area (Å²) in [5.41, 5.74) is 0. The number of carbonyl (C=O) groups excluding carboxylic acids is 1. The minimum atomic E-state index is 0.124. The number of aromatic nitrogens is 2. The van der Waals surface area contributed by atoms with Crippen LogP contribution in [0, 0.1) is 0 Å². The Balaban J connectivity index is 1.74. The Bertz CT molecular complexity index is 496. The highest BCUT2D eigenvalue weighted by Gasteiger charge is 2.20. The predicted molar refractivity (Wildman–Crippen MR) is 87.8 cm³/mol. The van der Waals surface area contributed by atoms with Crippen LogP contribution < -0.4 is 5.32 Å². The Morgan fingerprint density at radius 3 is 2.55 bits per heavy atom. The third-order valence-corrected chi connectivity index (χ3v) is 4.60. The lowest BCUT2D eigenvalue weighted by atomic mass is 10.2. The Morgan fingerprint density at radius 1 is 1.36 bits per heavy atom. The standard InChI is InChI=1S/C15H26ClN5O/c1-4-12(2)18-15(22)11-21-7-5-20(6-8-21)10-14-17-9-13(16)19(14)3/h9,12H,4-8,10-11H2,1-3H3,(H,18,22). The largest absolute Gasteiger partial charge is 0.353 e. The lowest BCUT2D eigenvalue weighted by Gasteiger charge is -2.34. The smallest absolute Gasteiger partial charge is 0.234 e. The van der Waals surface area contributed by atoms with E-state index in [2.05, 4.69) is 27.0 Å². The summed E-state index contributed by atoms with van der Waals surface area (Å²) < 4.78 is 1.91. The summed E-state index contributed by atoms with van der Waals surface area (Å²) in [5, 5.41) is 3.68. The summed E-state index contributed by atoms with van der Waals surface area (Å²) in [4.78, 5) is 20.8. The minimum absolute atomic E-state index is 0.124. The highest BCUT2D eigenvalue weighted by Crippen LogP contribution is 2.12. The van der Waals surface area contributed by atoms with E-state index < -0.39 is 0 Å². The Kier molecular flexibility index (Phi) is 6.23. The summed E-state index contributed by atoms with van der Waals surface area (Å²) >= 11 is 6.01. The molecule has 0 spiro atoms. The first-order chi connectivity index (χ1) is 10.5. The van der Waals surface area contributed by atoms with Crippen LogP contribution in [0.15, 0.2) is 6.20 Å². The van der Waals surface area contributed by atoms with Gasteiger partial charge in [-0.15, -0.1) is 0 Å². The number of carbonyl (C=O) groups is 1. The molecule has 0 saturated carbocycles. The predicted octanol–water partition coefficient (Wildman–Crippen LogP) is 1.11. The molecule has 1 aromatic heterocycles. The molecular formula is C15H26ClN5O. The summed E-state index contributed by atoms with van der Waals surface area (Å²) in [7, 11) is 1.93. The molecule has 0 aromatic carbocycles. The number of rotatable bonds is 6. The molecule has 0 aliphatic carbocycles. The first-order valence-electron chi connectivity index (χ1n) is 7.89. The van der Waals surface area contributed by atoms with E-state index in [1.54, 1.807) is 6.20 Å². The molecule has 1 fully saturated rings. The molecule has 1 amide bonds. The minimum Gasteiger partial charge on any atom is -0.353 e. The van der Waals surface area contributed by atoms with Gasteiger partial charge < -0.3 is 9.88 Å². The van der Waals surface area contributed by atoms with Gasteiger partial charge in [0.2, 0.25) is 5.91 Å². The molecule has 6 nitrogen and oxygen atoms in total. The molecule has 1 saturated heterocycles. The monoisotopic (exact) mass is 327 g/mol. The summed E-state index contributed by atoms with van der Waals surface area (Å²) in [5.74, 6) is 1.10. The maximum absolute atomic E-state index is 11.9. The maximum Gasteiger partial charge on any atom is 0.234 e. The molecule has 7 heteroatoms. The number of hydrogen-bond donors (Lipinski definition) is 1. The van der Waals surface area contributed by atoms with Crippen LogP contribution in [0.25, 0.3) is 0 Å². The molecule has 22 heavy (non-hydrogen) atoms. The quantitative estimate of drug-likeness (QED) is 0.850. The number of imidazole rings is 1. The Morgan fingerprint density at radius 2 is 2.00 bits per heavy atom. The van der Waals surface area contributed by atoms with Crippen molar-refractivity contribution in [3.8, 4) is 0 Å². The van der Waals surface area contributed by atoms with E-state index in [0.717, 1.165) is 45.0 Å². The Hall–Kier alpha value is -1.11. The highest BCUT2D eigenvalue weighted by molar-refractivity contribution is 6.29. The van der Waals surface area contributed by atoms with Crippen molar-refractivity contribution in [2.75, 3.05) is 32.7 Å². The fraction of sp³-hybridized carbons (Fsp3) is 0.733. The van der Waals surface area contributed by atoms with Crippen LogP contribution in [-0.2, 0) is 18.4 Å². The van der Waals surface area contributed by atoms with Gasteiger partial charge >= 0.3 is 0 Å². The van der Waals surface area contributed by atoms with Gasteiger partial charge in [-0.3, -0.25) is 14.6 Å². The highest BCUT2D eigenvalue weighted by atomic mass is 35.5. The van der Waals surface area contributed by atoms with E-state index in [0.29, 0.717) is 11.7 Å². The van der Waals surface area contributed by atoms with Crippen LogP contribution in [0.4, 0.5) is 0 Å². The SMILES string of the molecule is CCC(C)NC(=O)CN1CCN(Cc2ncc(Cl)n2C)CC1. The van der Waals surface area contributed by atoms with Crippen molar-refractivity contribution >= 4 is 17.5 Å². The average Bonchev–Trinajstić information content (AvgIpc) is 2.81. The van der Waals surface area contributed by atoms with E-state index in [-0.39, 0.29) is 11.9 Å². The van der Waals surface area contributed by atoms with Crippen molar-refractivity contribution in [1.82, 2.24) is 24.7 Å². The van der Waals surface area contributed by atoms with Gasteiger partial charge in [0.25, 0.3) is 0 Å². The van der Waals surface area contributed by atoms with Gasteiger partial charge in [-0.25, -0.2) is 4.98 Å². The average molecular weight is 328 g/mol. The second-order valence-corrected chi connectivity index (χ2v) is 6.37. The van der Waals surface area contributed by atoms with Crippen molar-refractivity contribution in [1.29, 1.82) is 0 Å². The van der Waals surface area contributed by atoms with Crippen molar-refractivity contribution in [2.24, 2.45) is 7.05 Å². The van der Waals surface area contributed by atoms with Gasteiger partial charge in [-0.2, -0.15) is 0 Å².